The molecule has 148 valence electrons. The van der Waals surface area contributed by atoms with E-state index in [1.54, 1.807) is 24.0 Å². The molecule has 0 spiro atoms. The summed E-state index contributed by atoms with van der Waals surface area (Å²) in [5.74, 6) is -0.162. The lowest BCUT2D eigenvalue weighted by molar-refractivity contribution is -0.142. The number of anilines is 1. The van der Waals surface area contributed by atoms with Crippen LogP contribution in [0.15, 0.2) is 12.5 Å². The monoisotopic (exact) mass is 368 g/mol. The second-order valence-electron chi connectivity index (χ2n) is 8.23. The molecule has 0 radical (unpaired) electrons. The lowest BCUT2D eigenvalue weighted by Gasteiger charge is -2.27. The number of rotatable bonds is 8. The van der Waals surface area contributed by atoms with Crippen LogP contribution in [0.25, 0.3) is 0 Å². The van der Waals surface area contributed by atoms with Crippen LogP contribution in [0.5, 0.6) is 0 Å². The maximum atomic E-state index is 12.3. The summed E-state index contributed by atoms with van der Waals surface area (Å²) in [7, 11) is 1.35. The van der Waals surface area contributed by atoms with E-state index in [9.17, 15) is 14.7 Å². The van der Waals surface area contributed by atoms with Crippen LogP contribution in [0, 0.1) is 5.41 Å². The van der Waals surface area contributed by atoms with Crippen molar-refractivity contribution in [2.45, 2.75) is 65.6 Å². The van der Waals surface area contributed by atoms with E-state index in [-0.39, 0.29) is 23.7 Å². The number of hydrogen-bond donors (Lipinski definition) is 3. The Bertz CT molecular complexity index is 619. The summed E-state index contributed by atoms with van der Waals surface area (Å²) in [5.41, 5.74) is -0.781. The van der Waals surface area contributed by atoms with Crippen molar-refractivity contribution in [2.75, 3.05) is 19.0 Å². The molecule has 1 aromatic rings. The fourth-order valence-electron chi connectivity index (χ4n) is 2.16. The van der Waals surface area contributed by atoms with Gasteiger partial charge in [-0.25, -0.2) is 4.98 Å². The standard InChI is InChI=1S/C18H32N4O4/c1-12(19-9-13(23)17(2,3)4)16(25)21-14-10-22(11-20-14)18(5,6)8-15(24)26-7/h10-13,19,23H,8-9H2,1-7H3,(H,21,25). The number of aliphatic hydroxyl groups excluding tert-OH is 1. The molecule has 1 amide bonds. The fraction of sp³-hybridized carbons (Fsp3) is 0.722. The van der Waals surface area contributed by atoms with Crippen molar-refractivity contribution >= 4 is 17.7 Å². The highest BCUT2D eigenvalue weighted by Gasteiger charge is 2.26. The van der Waals surface area contributed by atoms with Crippen molar-refractivity contribution < 1.29 is 19.4 Å². The maximum absolute atomic E-state index is 12.3. The van der Waals surface area contributed by atoms with E-state index < -0.39 is 17.7 Å². The average Bonchev–Trinajstić information content (AvgIpc) is 3.00. The van der Waals surface area contributed by atoms with Crippen molar-refractivity contribution in [1.82, 2.24) is 14.9 Å². The number of nitrogens with one attached hydrogen (secondary N) is 2. The van der Waals surface area contributed by atoms with E-state index in [0.717, 1.165) is 0 Å². The second-order valence-corrected chi connectivity index (χ2v) is 8.23. The number of nitrogens with zero attached hydrogens (tertiary/aromatic N) is 2. The number of esters is 1. The van der Waals surface area contributed by atoms with Crippen molar-refractivity contribution in [1.29, 1.82) is 0 Å². The van der Waals surface area contributed by atoms with Crippen LogP contribution in [-0.4, -0.2) is 52.3 Å². The Morgan fingerprint density at radius 2 is 1.92 bits per heavy atom. The molecule has 0 saturated carbocycles. The lowest BCUT2D eigenvalue weighted by atomic mass is 9.89. The van der Waals surface area contributed by atoms with Gasteiger partial charge in [-0.2, -0.15) is 0 Å². The molecule has 2 unspecified atom stereocenters. The quantitative estimate of drug-likeness (QED) is 0.601. The number of carbonyl (C=O) groups excluding carboxylic acids is 2. The molecule has 26 heavy (non-hydrogen) atoms. The van der Waals surface area contributed by atoms with Gasteiger partial charge in [0, 0.05) is 12.7 Å². The van der Waals surface area contributed by atoms with Crippen molar-refractivity contribution in [3.8, 4) is 0 Å². The van der Waals surface area contributed by atoms with Crippen molar-refractivity contribution in [3.05, 3.63) is 12.5 Å². The molecule has 0 aliphatic carbocycles. The number of hydrogen-bond acceptors (Lipinski definition) is 6. The molecule has 1 heterocycles. The Balaban J connectivity index is 2.63. The van der Waals surface area contributed by atoms with E-state index >= 15 is 0 Å². The number of carbonyl (C=O) groups is 2. The molecular weight excluding hydrogens is 336 g/mol. The Kier molecular flexibility index (Phi) is 7.35. The number of aromatic nitrogens is 2. The molecular formula is C18H32N4O4. The van der Waals surface area contributed by atoms with E-state index in [1.165, 1.54) is 7.11 Å². The molecule has 0 aromatic carbocycles. The summed E-state index contributed by atoms with van der Waals surface area (Å²) in [6.45, 7) is 11.6. The molecule has 3 N–H and O–H groups in total. The highest BCUT2D eigenvalue weighted by Crippen LogP contribution is 2.22. The fourth-order valence-corrected chi connectivity index (χ4v) is 2.16. The van der Waals surface area contributed by atoms with Gasteiger partial charge in [0.15, 0.2) is 5.82 Å². The molecule has 1 rings (SSSR count). The zero-order chi connectivity index (χ0) is 20.1. The van der Waals surface area contributed by atoms with Crippen LogP contribution in [0.1, 0.15) is 48.0 Å². The predicted molar refractivity (Wildman–Crippen MR) is 99.7 cm³/mol. The van der Waals surface area contributed by atoms with Gasteiger partial charge in [0.05, 0.1) is 37.5 Å². The van der Waals surface area contributed by atoms with Gasteiger partial charge in [-0.1, -0.05) is 20.8 Å². The first-order chi connectivity index (χ1) is 11.9. The van der Waals surface area contributed by atoms with Gasteiger partial charge < -0.3 is 25.0 Å². The van der Waals surface area contributed by atoms with Gasteiger partial charge in [-0.05, 0) is 26.2 Å². The van der Waals surface area contributed by atoms with Gasteiger partial charge in [-0.15, -0.1) is 0 Å². The van der Waals surface area contributed by atoms with Crippen molar-refractivity contribution in [3.63, 3.8) is 0 Å². The summed E-state index contributed by atoms with van der Waals surface area (Å²) in [6, 6.07) is -0.486. The summed E-state index contributed by atoms with van der Waals surface area (Å²) in [6.07, 6.45) is 2.88. The highest BCUT2D eigenvalue weighted by atomic mass is 16.5. The first-order valence-corrected chi connectivity index (χ1v) is 8.70. The summed E-state index contributed by atoms with van der Waals surface area (Å²) in [4.78, 5) is 28.0. The number of ether oxygens (including phenoxy) is 1. The third kappa shape index (κ3) is 6.42. The van der Waals surface area contributed by atoms with Crippen LogP contribution < -0.4 is 10.6 Å². The normalized spacial score (nSPS) is 14.6. The Labute approximate surface area is 155 Å². The zero-order valence-corrected chi connectivity index (χ0v) is 16.8. The topological polar surface area (TPSA) is 105 Å². The van der Waals surface area contributed by atoms with Crippen LogP contribution in [0.4, 0.5) is 5.82 Å². The minimum Gasteiger partial charge on any atom is -0.469 e. The third-order valence-electron chi connectivity index (χ3n) is 4.35. The van der Waals surface area contributed by atoms with Gasteiger partial charge in [0.1, 0.15) is 0 Å². The van der Waals surface area contributed by atoms with Crippen molar-refractivity contribution in [2.24, 2.45) is 5.41 Å². The number of methoxy groups -OCH3 is 1. The van der Waals surface area contributed by atoms with Gasteiger partial charge in [0.2, 0.25) is 5.91 Å². The SMILES string of the molecule is COC(=O)CC(C)(C)n1cnc(NC(=O)C(C)NCC(O)C(C)(C)C)c1. The molecule has 0 aliphatic heterocycles. The smallest absolute Gasteiger partial charge is 0.307 e. The molecule has 0 fully saturated rings. The number of aliphatic hydroxyl groups is 1. The third-order valence-corrected chi connectivity index (χ3v) is 4.35. The molecule has 0 saturated heterocycles. The molecule has 8 heteroatoms. The first kappa shape index (κ1) is 22.1. The van der Waals surface area contributed by atoms with E-state index in [1.807, 2.05) is 34.6 Å². The zero-order valence-electron chi connectivity index (χ0n) is 16.8. The largest absolute Gasteiger partial charge is 0.469 e. The van der Waals surface area contributed by atoms with Crippen LogP contribution in [-0.2, 0) is 19.9 Å². The van der Waals surface area contributed by atoms with Crippen LogP contribution in [0.2, 0.25) is 0 Å². The lowest BCUT2D eigenvalue weighted by Crippen LogP contribution is -2.45. The Morgan fingerprint density at radius 3 is 2.46 bits per heavy atom. The van der Waals surface area contributed by atoms with Gasteiger partial charge in [0.25, 0.3) is 0 Å². The maximum Gasteiger partial charge on any atom is 0.307 e. The number of amides is 1. The van der Waals surface area contributed by atoms with Gasteiger partial charge >= 0.3 is 5.97 Å². The first-order valence-electron chi connectivity index (χ1n) is 8.70. The van der Waals surface area contributed by atoms with Crippen LogP contribution in [0.3, 0.4) is 0 Å². The minimum absolute atomic E-state index is 0.190. The Hall–Kier alpha value is -1.93. The summed E-state index contributed by atoms with van der Waals surface area (Å²) < 4.78 is 6.47. The second kappa shape index (κ2) is 8.64. The summed E-state index contributed by atoms with van der Waals surface area (Å²) >= 11 is 0. The van der Waals surface area contributed by atoms with Gasteiger partial charge in [-0.3, -0.25) is 9.59 Å². The predicted octanol–water partition coefficient (Wildman–Crippen LogP) is 1.50. The van der Waals surface area contributed by atoms with E-state index in [4.69, 9.17) is 4.74 Å². The molecule has 8 nitrogen and oxygen atoms in total. The molecule has 1 aromatic heterocycles. The molecule has 2 atom stereocenters. The highest BCUT2D eigenvalue weighted by molar-refractivity contribution is 5.93. The van der Waals surface area contributed by atoms with E-state index in [2.05, 4.69) is 15.6 Å². The molecule has 0 aliphatic rings. The van der Waals surface area contributed by atoms with Crippen LogP contribution >= 0.6 is 0 Å². The minimum atomic E-state index is -0.559. The molecule has 0 bridgehead atoms. The summed E-state index contributed by atoms with van der Waals surface area (Å²) in [5, 5.41) is 15.8. The Morgan fingerprint density at radius 1 is 1.31 bits per heavy atom. The van der Waals surface area contributed by atoms with E-state index in [0.29, 0.717) is 12.4 Å². The average molecular weight is 368 g/mol. The number of imidazole rings is 1.